The zero-order valence-electron chi connectivity index (χ0n) is 28.9. The van der Waals surface area contributed by atoms with Crippen LogP contribution in [0.15, 0.2) is 73.6 Å². The quantitative estimate of drug-likeness (QED) is 0.0573. The lowest BCUT2D eigenvalue weighted by molar-refractivity contribution is -0.154. The van der Waals surface area contributed by atoms with E-state index < -0.39 is 23.3 Å². The first kappa shape index (κ1) is 43.3. The number of hydrogen-bond acceptors (Lipinski definition) is 9. The van der Waals surface area contributed by atoms with Crippen LogP contribution in [-0.4, -0.2) is 96.0 Å². The molecule has 2 aliphatic heterocycles. The van der Waals surface area contributed by atoms with Gasteiger partial charge in [0.25, 0.3) is 0 Å². The number of aromatic amines is 4. The van der Waals surface area contributed by atoms with Crippen molar-refractivity contribution in [3.8, 4) is 0 Å². The summed E-state index contributed by atoms with van der Waals surface area (Å²) in [6.07, 6.45) is 7.57. The number of ether oxygens (including phenoxy) is 2. The second kappa shape index (κ2) is 19.4. The van der Waals surface area contributed by atoms with Crippen LogP contribution in [-0.2, 0) is 41.5 Å². The number of amides is 1. The average Bonchev–Trinajstić information content (AvgIpc) is 4.03. The molecule has 2 unspecified atom stereocenters. The van der Waals surface area contributed by atoms with Crippen molar-refractivity contribution >= 4 is 104 Å². The van der Waals surface area contributed by atoms with E-state index in [0.29, 0.717) is 18.5 Å². The number of fused-ring (bicyclic) bond motifs is 6. The topological polar surface area (TPSA) is 191 Å². The summed E-state index contributed by atoms with van der Waals surface area (Å²) in [6, 6.07) is 14.2. The van der Waals surface area contributed by atoms with Crippen molar-refractivity contribution in [3.05, 3.63) is 107 Å². The predicted molar refractivity (Wildman–Crippen MR) is 221 cm³/mol. The van der Waals surface area contributed by atoms with Crippen LogP contribution in [0.5, 0.6) is 0 Å². The van der Waals surface area contributed by atoms with Gasteiger partial charge in [-0.25, -0.2) is 14.8 Å². The van der Waals surface area contributed by atoms with Gasteiger partial charge in [0.15, 0.2) is 0 Å². The second-order valence-electron chi connectivity index (χ2n) is 12.1. The molecule has 2 aromatic carbocycles. The fraction of sp³-hybridized carbons (Fsp3) is 0.297. The van der Waals surface area contributed by atoms with E-state index in [1.54, 1.807) is 25.0 Å². The van der Waals surface area contributed by atoms with Gasteiger partial charge in [-0.15, -0.1) is 47.2 Å². The van der Waals surface area contributed by atoms with E-state index in [4.69, 9.17) is 44.3 Å². The third-order valence-corrected chi connectivity index (χ3v) is 9.90. The highest BCUT2D eigenvalue weighted by Gasteiger charge is 2.44. The Balaban J connectivity index is 0.000000213. The van der Waals surface area contributed by atoms with Gasteiger partial charge in [0.1, 0.15) is 24.0 Å². The van der Waals surface area contributed by atoms with E-state index in [9.17, 15) is 19.2 Å². The van der Waals surface area contributed by atoms with Gasteiger partial charge < -0.3 is 34.3 Å². The van der Waals surface area contributed by atoms with E-state index in [0.717, 1.165) is 50.0 Å². The lowest BCUT2D eigenvalue weighted by atomic mass is 9.90. The summed E-state index contributed by atoms with van der Waals surface area (Å²) < 4.78 is 9.89. The smallest absolute Gasteiger partial charge is 0.328 e. The van der Waals surface area contributed by atoms with Crippen LogP contribution in [0.3, 0.4) is 0 Å². The molecule has 6 aromatic rings. The first-order valence-electron chi connectivity index (χ1n) is 16.4. The highest BCUT2D eigenvalue weighted by atomic mass is 127. The summed E-state index contributed by atoms with van der Waals surface area (Å²) in [5.74, 6) is -1.38. The standard InChI is InChI=1S/C18H17ClN4O3.C16H16N4O2.C2H2Cl2O.CH4.HI/c1-26-18(25)14-6-11-10-4-2-3-5-12(10)22-16(11)17(13-8-20-9-21-13)23(14)15(24)7-19;1-22-16(21)12-6-10-9-4-2-3-5-11(9)19-14(10)15(20-12)13-7-17-8-18-13;3-1-2(4)5;;/h2-5,8-9,14,17,22H,6-7H2,1H3,(H,20,21);2-5,7-8,12,15,19-20H,6H2,1H3,(H,17,18);1H2;1H4;1H/t14-,17?;12-,15?;;;/m00.../s1. The molecule has 1 amide bonds. The highest BCUT2D eigenvalue weighted by Crippen LogP contribution is 2.41. The molecule has 292 valence electrons. The van der Waals surface area contributed by atoms with Crippen LogP contribution in [0.4, 0.5) is 0 Å². The van der Waals surface area contributed by atoms with Crippen molar-refractivity contribution in [1.29, 1.82) is 0 Å². The van der Waals surface area contributed by atoms with E-state index >= 15 is 0 Å². The summed E-state index contributed by atoms with van der Waals surface area (Å²) >= 11 is 15.4. The van der Waals surface area contributed by atoms with E-state index in [1.165, 1.54) is 19.1 Å². The molecular formula is C37H40Cl3IN8O6. The number of imidazole rings is 2. The number of aromatic nitrogens is 6. The van der Waals surface area contributed by atoms with E-state index in [1.807, 2.05) is 42.5 Å². The predicted octanol–water partition coefficient (Wildman–Crippen LogP) is 6.06. The van der Waals surface area contributed by atoms with Gasteiger partial charge in [-0.2, -0.15) is 0 Å². The molecule has 14 nitrogen and oxygen atoms in total. The Kier molecular flexibility index (Phi) is 15.3. The zero-order chi connectivity index (χ0) is 37.6. The molecule has 4 atom stereocenters. The number of nitrogens with one attached hydrogen (secondary N) is 5. The molecule has 6 heterocycles. The number of rotatable bonds is 6. The Labute approximate surface area is 348 Å². The number of alkyl halides is 2. The molecule has 0 fully saturated rings. The third-order valence-electron chi connectivity index (χ3n) is 9.15. The number of benzene rings is 2. The first-order valence-corrected chi connectivity index (χ1v) is 17.8. The normalized spacial score (nSPS) is 18.2. The van der Waals surface area contributed by atoms with Gasteiger partial charge in [-0.3, -0.25) is 19.7 Å². The van der Waals surface area contributed by atoms with Crippen LogP contribution in [0.25, 0.3) is 21.8 Å². The third kappa shape index (κ3) is 9.02. The maximum absolute atomic E-state index is 12.7. The minimum Gasteiger partial charge on any atom is -0.468 e. The summed E-state index contributed by atoms with van der Waals surface area (Å²) in [4.78, 5) is 69.3. The van der Waals surface area contributed by atoms with Crippen molar-refractivity contribution in [3.63, 3.8) is 0 Å². The van der Waals surface area contributed by atoms with Crippen LogP contribution < -0.4 is 5.32 Å². The largest absolute Gasteiger partial charge is 0.468 e. The Morgan fingerprint density at radius 2 is 1.31 bits per heavy atom. The molecular weight excluding hydrogens is 886 g/mol. The number of carbonyl (C=O) groups is 4. The van der Waals surface area contributed by atoms with E-state index in [2.05, 4.69) is 41.3 Å². The van der Waals surface area contributed by atoms with Crippen molar-refractivity contribution in [2.75, 3.05) is 26.0 Å². The maximum atomic E-state index is 12.7. The monoisotopic (exact) mass is 924 g/mol. The molecule has 5 N–H and O–H groups in total. The van der Waals surface area contributed by atoms with Crippen molar-refractivity contribution in [1.82, 2.24) is 40.1 Å². The number of nitrogens with zero attached hydrogens (tertiary/aromatic N) is 3. The van der Waals surface area contributed by atoms with Gasteiger partial charge in [-0.05, 0) is 34.9 Å². The number of methoxy groups -OCH3 is 2. The Morgan fingerprint density at radius 3 is 1.82 bits per heavy atom. The summed E-state index contributed by atoms with van der Waals surface area (Å²) in [7, 11) is 2.74. The summed E-state index contributed by atoms with van der Waals surface area (Å²) in [5.41, 5.74) is 7.72. The number of halogens is 4. The van der Waals surface area contributed by atoms with Crippen molar-refractivity contribution in [2.45, 2.75) is 44.4 Å². The molecule has 4 aromatic heterocycles. The number of hydrogen-bond donors (Lipinski definition) is 5. The molecule has 0 radical (unpaired) electrons. The molecule has 18 heteroatoms. The van der Waals surface area contributed by atoms with Gasteiger partial charge in [0.05, 0.1) is 56.4 Å². The first-order chi connectivity index (χ1) is 25.7. The second-order valence-corrected chi connectivity index (χ2v) is 13.0. The fourth-order valence-corrected chi connectivity index (χ4v) is 7.06. The summed E-state index contributed by atoms with van der Waals surface area (Å²) in [6.45, 7) is 0. The van der Waals surface area contributed by atoms with Crippen LogP contribution >= 0.6 is 58.8 Å². The number of H-pyrrole nitrogens is 4. The van der Waals surface area contributed by atoms with Crippen molar-refractivity contribution in [2.24, 2.45) is 0 Å². The van der Waals surface area contributed by atoms with Crippen molar-refractivity contribution < 1.29 is 28.7 Å². The maximum Gasteiger partial charge on any atom is 0.328 e. The minimum atomic E-state index is -0.758. The van der Waals surface area contributed by atoms with Gasteiger partial charge in [0, 0.05) is 52.2 Å². The fourth-order valence-electron chi connectivity index (χ4n) is 6.92. The van der Waals surface area contributed by atoms with Crippen LogP contribution in [0.1, 0.15) is 53.4 Å². The molecule has 0 aliphatic carbocycles. The molecule has 55 heavy (non-hydrogen) atoms. The van der Waals surface area contributed by atoms with Crippen LogP contribution in [0.2, 0.25) is 0 Å². The van der Waals surface area contributed by atoms with E-state index in [-0.39, 0.29) is 67.1 Å². The molecule has 0 saturated carbocycles. The minimum absolute atomic E-state index is 0. The van der Waals surface area contributed by atoms with Gasteiger partial charge in [0.2, 0.25) is 11.1 Å². The Bertz CT molecular complexity index is 2230. The lowest BCUT2D eigenvalue weighted by Crippen LogP contribution is -2.52. The molecule has 0 spiro atoms. The van der Waals surface area contributed by atoms with Gasteiger partial charge >= 0.3 is 11.9 Å². The SMILES string of the molecule is C.COC(=O)[C@@H]1Cc2c([nH]c3ccccc23)C(c2cnc[nH]2)N1.COC(=O)[C@@H]1Cc2c([nH]c3ccccc23)C(c2cnc[nH]2)N1C(=O)CCl.I.O=C(Cl)CCl. The number of carbonyl (C=O) groups excluding carboxylic acids is 4. The molecule has 0 saturated heterocycles. The Morgan fingerprint density at radius 1 is 0.782 bits per heavy atom. The average molecular weight is 926 g/mol. The highest BCUT2D eigenvalue weighted by molar-refractivity contribution is 14.0. The lowest BCUT2D eigenvalue weighted by Gasteiger charge is -2.39. The molecule has 8 rings (SSSR count). The zero-order valence-corrected chi connectivity index (χ0v) is 33.5. The van der Waals surface area contributed by atoms with Gasteiger partial charge in [-0.1, -0.05) is 43.8 Å². The molecule has 0 bridgehead atoms. The van der Waals surface area contributed by atoms with Crippen LogP contribution in [0, 0.1) is 0 Å². The number of esters is 2. The number of para-hydroxylation sites is 2. The Hall–Kier alpha value is -4.42. The summed E-state index contributed by atoms with van der Waals surface area (Å²) in [5, 5.41) is 5.02. The molecule has 2 aliphatic rings.